The van der Waals surface area contributed by atoms with Crippen LogP contribution in [0.4, 0.5) is 5.69 Å². The molecule has 1 atom stereocenters. The van der Waals surface area contributed by atoms with Gasteiger partial charge in [0, 0.05) is 24.2 Å². The third kappa shape index (κ3) is 2.83. The Kier molecular flexibility index (Phi) is 3.98. The highest BCUT2D eigenvalue weighted by Gasteiger charge is 2.33. The van der Waals surface area contributed by atoms with Crippen LogP contribution in [0.15, 0.2) is 24.3 Å². The molecule has 0 amide bonds. The van der Waals surface area contributed by atoms with Crippen LogP contribution in [0.3, 0.4) is 0 Å². The highest BCUT2D eigenvalue weighted by atomic mass is 16.6. The molecule has 2 bridgehead atoms. The van der Waals surface area contributed by atoms with Crippen LogP contribution in [0.25, 0.3) is 0 Å². The minimum absolute atomic E-state index is 0.239. The first-order valence-electron chi connectivity index (χ1n) is 7.42. The molecule has 3 aliphatic heterocycles. The van der Waals surface area contributed by atoms with Crippen molar-refractivity contribution >= 4 is 5.69 Å². The molecule has 4 rings (SSSR count). The number of hydrogen-bond donors (Lipinski definition) is 1. The second kappa shape index (κ2) is 5.89. The number of para-hydroxylation sites is 1. The molecule has 3 fully saturated rings. The maximum atomic E-state index is 11.0. The van der Waals surface area contributed by atoms with Crippen LogP contribution in [0.1, 0.15) is 18.4 Å². The van der Waals surface area contributed by atoms with Gasteiger partial charge in [-0.25, -0.2) is 0 Å². The Hall–Kier alpha value is -1.46. The average Bonchev–Trinajstić information content (AvgIpc) is 2.49. The van der Waals surface area contributed by atoms with E-state index in [2.05, 4.69) is 10.2 Å². The predicted molar refractivity (Wildman–Crippen MR) is 77.8 cm³/mol. The van der Waals surface area contributed by atoms with Crippen molar-refractivity contribution in [3.8, 4) is 0 Å². The standard InChI is InChI=1S/C15H21N3O2/c19-18(20)15-4-2-1-3-13(15)5-8-16-14-11-17-9-6-12(14)7-10-17/h1-4,12,14,16H,5-11H2. The van der Waals surface area contributed by atoms with Gasteiger partial charge in [0.15, 0.2) is 0 Å². The molecule has 0 aliphatic carbocycles. The first kappa shape index (κ1) is 13.5. The van der Waals surface area contributed by atoms with Crippen LogP contribution in [0.2, 0.25) is 0 Å². The zero-order chi connectivity index (χ0) is 13.9. The number of hydrogen-bond acceptors (Lipinski definition) is 4. The average molecular weight is 275 g/mol. The number of nitro groups is 1. The highest BCUT2D eigenvalue weighted by Crippen LogP contribution is 2.27. The van der Waals surface area contributed by atoms with Gasteiger partial charge >= 0.3 is 0 Å². The number of rotatable bonds is 5. The van der Waals surface area contributed by atoms with Gasteiger partial charge in [-0.3, -0.25) is 10.1 Å². The Morgan fingerprint density at radius 2 is 2.05 bits per heavy atom. The molecular formula is C15H21N3O2. The van der Waals surface area contributed by atoms with Crippen molar-refractivity contribution in [2.75, 3.05) is 26.2 Å². The molecule has 3 saturated heterocycles. The van der Waals surface area contributed by atoms with E-state index in [4.69, 9.17) is 0 Å². The maximum absolute atomic E-state index is 11.0. The van der Waals surface area contributed by atoms with Crippen molar-refractivity contribution in [3.63, 3.8) is 0 Å². The van der Waals surface area contributed by atoms with Gasteiger partial charge in [-0.05, 0) is 44.8 Å². The van der Waals surface area contributed by atoms with E-state index in [1.54, 1.807) is 12.1 Å². The van der Waals surface area contributed by atoms with E-state index in [1.165, 1.54) is 25.9 Å². The van der Waals surface area contributed by atoms with Crippen LogP contribution in [-0.2, 0) is 6.42 Å². The molecule has 5 heteroatoms. The predicted octanol–water partition coefficient (Wildman–Crippen LogP) is 1.82. The molecule has 0 radical (unpaired) electrons. The molecule has 0 aromatic heterocycles. The van der Waals surface area contributed by atoms with Crippen molar-refractivity contribution in [2.45, 2.75) is 25.3 Å². The SMILES string of the molecule is O=[N+]([O-])c1ccccc1CCNC1CN2CCC1CC2. The van der Waals surface area contributed by atoms with Gasteiger partial charge in [0.2, 0.25) is 0 Å². The lowest BCUT2D eigenvalue weighted by Crippen LogP contribution is -2.56. The van der Waals surface area contributed by atoms with Crippen molar-refractivity contribution < 1.29 is 4.92 Å². The Balaban J connectivity index is 1.54. The molecular weight excluding hydrogens is 254 g/mol. The summed E-state index contributed by atoms with van der Waals surface area (Å²) >= 11 is 0. The first-order valence-corrected chi connectivity index (χ1v) is 7.42. The monoisotopic (exact) mass is 275 g/mol. The fourth-order valence-corrected chi connectivity index (χ4v) is 3.49. The maximum Gasteiger partial charge on any atom is 0.272 e. The van der Waals surface area contributed by atoms with E-state index >= 15 is 0 Å². The van der Waals surface area contributed by atoms with Gasteiger partial charge in [-0.2, -0.15) is 0 Å². The summed E-state index contributed by atoms with van der Waals surface area (Å²) in [5.74, 6) is 0.797. The van der Waals surface area contributed by atoms with Gasteiger partial charge in [-0.15, -0.1) is 0 Å². The topological polar surface area (TPSA) is 58.4 Å². The summed E-state index contributed by atoms with van der Waals surface area (Å²) in [6.07, 6.45) is 3.31. The Bertz CT molecular complexity index is 484. The normalized spacial score (nSPS) is 28.5. The van der Waals surface area contributed by atoms with Gasteiger partial charge in [-0.1, -0.05) is 18.2 Å². The quantitative estimate of drug-likeness (QED) is 0.658. The molecule has 0 spiro atoms. The zero-order valence-corrected chi connectivity index (χ0v) is 11.6. The molecule has 0 saturated carbocycles. The second-order valence-electron chi connectivity index (χ2n) is 5.83. The lowest BCUT2D eigenvalue weighted by molar-refractivity contribution is -0.385. The fourth-order valence-electron chi connectivity index (χ4n) is 3.49. The minimum atomic E-state index is -0.288. The number of piperidine rings is 3. The molecule has 3 heterocycles. The molecule has 3 aliphatic rings. The van der Waals surface area contributed by atoms with Crippen LogP contribution < -0.4 is 5.32 Å². The van der Waals surface area contributed by atoms with Gasteiger partial charge in [0.1, 0.15) is 0 Å². The molecule has 5 nitrogen and oxygen atoms in total. The van der Waals surface area contributed by atoms with E-state index in [0.717, 1.165) is 31.0 Å². The zero-order valence-electron chi connectivity index (χ0n) is 11.6. The van der Waals surface area contributed by atoms with E-state index in [0.29, 0.717) is 6.04 Å². The fraction of sp³-hybridized carbons (Fsp3) is 0.600. The number of fused-ring (bicyclic) bond motifs is 3. The van der Waals surface area contributed by atoms with Crippen molar-refractivity contribution in [2.24, 2.45) is 5.92 Å². The molecule has 1 aromatic carbocycles. The summed E-state index contributed by atoms with van der Waals surface area (Å²) in [6.45, 7) is 4.45. The van der Waals surface area contributed by atoms with Gasteiger partial charge in [0.25, 0.3) is 5.69 Å². The van der Waals surface area contributed by atoms with E-state index in [1.807, 2.05) is 12.1 Å². The largest absolute Gasteiger partial charge is 0.312 e. The van der Waals surface area contributed by atoms with Crippen LogP contribution in [-0.4, -0.2) is 42.0 Å². The summed E-state index contributed by atoms with van der Waals surface area (Å²) in [4.78, 5) is 13.2. The summed E-state index contributed by atoms with van der Waals surface area (Å²) in [5.41, 5.74) is 1.06. The molecule has 1 aromatic rings. The van der Waals surface area contributed by atoms with Crippen molar-refractivity contribution in [3.05, 3.63) is 39.9 Å². The first-order chi connectivity index (χ1) is 9.74. The Morgan fingerprint density at radius 3 is 2.70 bits per heavy atom. The van der Waals surface area contributed by atoms with Gasteiger partial charge < -0.3 is 10.2 Å². The second-order valence-corrected chi connectivity index (χ2v) is 5.83. The third-order valence-corrected chi connectivity index (χ3v) is 4.65. The van der Waals surface area contributed by atoms with Crippen LogP contribution >= 0.6 is 0 Å². The van der Waals surface area contributed by atoms with Crippen molar-refractivity contribution in [1.82, 2.24) is 10.2 Å². The summed E-state index contributed by atoms with van der Waals surface area (Å²) < 4.78 is 0. The Morgan fingerprint density at radius 1 is 1.30 bits per heavy atom. The van der Waals surface area contributed by atoms with Crippen molar-refractivity contribution in [1.29, 1.82) is 0 Å². The van der Waals surface area contributed by atoms with Crippen LogP contribution in [0, 0.1) is 16.0 Å². The van der Waals surface area contributed by atoms with Gasteiger partial charge in [0.05, 0.1) is 4.92 Å². The van der Waals surface area contributed by atoms with Crippen LogP contribution in [0.5, 0.6) is 0 Å². The molecule has 1 N–H and O–H groups in total. The summed E-state index contributed by atoms with van der Waals surface area (Å²) in [5, 5.41) is 14.6. The third-order valence-electron chi connectivity index (χ3n) is 4.65. The lowest BCUT2D eigenvalue weighted by atomic mass is 9.84. The van der Waals surface area contributed by atoms with E-state index < -0.39 is 0 Å². The summed E-state index contributed by atoms with van der Waals surface area (Å²) in [6, 6.07) is 7.61. The number of nitro benzene ring substituents is 1. The van der Waals surface area contributed by atoms with E-state index in [9.17, 15) is 10.1 Å². The minimum Gasteiger partial charge on any atom is -0.312 e. The number of benzene rings is 1. The number of nitrogens with zero attached hydrogens (tertiary/aromatic N) is 2. The molecule has 108 valence electrons. The lowest BCUT2D eigenvalue weighted by Gasteiger charge is -2.45. The smallest absolute Gasteiger partial charge is 0.272 e. The Labute approximate surface area is 119 Å². The summed E-state index contributed by atoms with van der Waals surface area (Å²) in [7, 11) is 0. The molecule has 20 heavy (non-hydrogen) atoms. The highest BCUT2D eigenvalue weighted by molar-refractivity contribution is 5.39. The van der Waals surface area contributed by atoms with E-state index in [-0.39, 0.29) is 10.6 Å². The number of nitrogens with one attached hydrogen (secondary N) is 1. The molecule has 1 unspecified atom stereocenters.